The molecule has 1 N–H and O–H groups in total. The van der Waals surface area contributed by atoms with Crippen LogP contribution in [0.3, 0.4) is 0 Å². The zero-order chi connectivity index (χ0) is 17.9. The van der Waals surface area contributed by atoms with Crippen LogP contribution in [0.1, 0.15) is 21.5 Å². The Morgan fingerprint density at radius 1 is 0.962 bits per heavy atom. The Balaban J connectivity index is 1.91. The fourth-order valence-corrected chi connectivity index (χ4v) is 3.75. The lowest BCUT2D eigenvalue weighted by Gasteiger charge is -2.15. The maximum Gasteiger partial charge on any atom is 0.193 e. The molecule has 0 atom stereocenters. The summed E-state index contributed by atoms with van der Waals surface area (Å²) in [7, 11) is 0. The molecule has 0 saturated carbocycles. The minimum absolute atomic E-state index is 0.0210. The van der Waals surface area contributed by atoms with Crippen LogP contribution in [0.15, 0.2) is 77.8 Å². The second-order valence-corrected chi connectivity index (χ2v) is 7.34. The van der Waals surface area contributed by atoms with Gasteiger partial charge in [0.25, 0.3) is 0 Å². The topological polar surface area (TPSA) is 41.5 Å². The number of aliphatic imine (C=N–C) groups is 1. The first-order valence-corrected chi connectivity index (χ1v) is 9.59. The van der Waals surface area contributed by atoms with Gasteiger partial charge >= 0.3 is 0 Å². The summed E-state index contributed by atoms with van der Waals surface area (Å²) in [4.78, 5) is 17.9. The molecule has 3 aromatic carbocycles. The van der Waals surface area contributed by atoms with Crippen LogP contribution in [-0.4, -0.2) is 24.7 Å². The number of carbonyl (C=O) groups is 1. The highest BCUT2D eigenvalue weighted by Crippen LogP contribution is 2.29. The van der Waals surface area contributed by atoms with Gasteiger partial charge in [0.15, 0.2) is 5.78 Å². The molecule has 4 heteroatoms. The number of carbonyl (C=O) groups excluding carboxylic acids is 1. The summed E-state index contributed by atoms with van der Waals surface area (Å²) in [6.07, 6.45) is 0. The van der Waals surface area contributed by atoms with E-state index in [0.29, 0.717) is 11.1 Å². The second kappa shape index (κ2) is 7.41. The average molecular weight is 452 g/mol. The van der Waals surface area contributed by atoms with Crippen molar-refractivity contribution < 1.29 is 4.79 Å². The van der Waals surface area contributed by atoms with Crippen LogP contribution < -0.4 is 5.32 Å². The summed E-state index contributed by atoms with van der Waals surface area (Å²) in [6.45, 7) is 1.53. The summed E-state index contributed by atoms with van der Waals surface area (Å²) in [5, 5.41) is 3.34. The average Bonchev–Trinajstić information content (AvgIpc) is 3.22. The number of hydrogen-bond acceptors (Lipinski definition) is 3. The van der Waals surface area contributed by atoms with Crippen LogP contribution in [0.4, 0.5) is 0 Å². The zero-order valence-electron chi connectivity index (χ0n) is 14.1. The molecule has 1 heterocycles. The predicted octanol–water partition coefficient (Wildman–Crippen LogP) is 4.54. The Labute approximate surface area is 166 Å². The van der Waals surface area contributed by atoms with Crippen molar-refractivity contribution in [3.05, 3.63) is 93.1 Å². The van der Waals surface area contributed by atoms with E-state index >= 15 is 0 Å². The predicted molar refractivity (Wildman–Crippen MR) is 114 cm³/mol. The van der Waals surface area contributed by atoms with Gasteiger partial charge in [-0.15, -0.1) is 0 Å². The SMILES string of the molecule is O=C(c1cccc(I)c1)c1cccc(-c2ccccc2)c1C1=NCCN1. The van der Waals surface area contributed by atoms with Gasteiger partial charge in [0, 0.05) is 26.8 Å². The lowest BCUT2D eigenvalue weighted by molar-refractivity contribution is 0.103. The van der Waals surface area contributed by atoms with E-state index in [1.54, 1.807) is 0 Å². The third kappa shape index (κ3) is 3.29. The third-order valence-electron chi connectivity index (χ3n) is 4.39. The molecule has 0 bridgehead atoms. The Bertz CT molecular complexity index is 996. The van der Waals surface area contributed by atoms with E-state index in [0.717, 1.165) is 39.2 Å². The van der Waals surface area contributed by atoms with E-state index in [9.17, 15) is 4.79 Å². The number of nitrogens with zero attached hydrogens (tertiary/aromatic N) is 1. The molecule has 128 valence electrons. The number of halogens is 1. The highest BCUT2D eigenvalue weighted by molar-refractivity contribution is 14.1. The molecule has 0 amide bonds. The Morgan fingerprint density at radius 3 is 2.50 bits per heavy atom. The van der Waals surface area contributed by atoms with Gasteiger partial charge in [0.2, 0.25) is 0 Å². The molecule has 3 aromatic rings. The van der Waals surface area contributed by atoms with Crippen molar-refractivity contribution in [2.24, 2.45) is 4.99 Å². The van der Waals surface area contributed by atoms with E-state index in [2.05, 4.69) is 51.1 Å². The first-order valence-electron chi connectivity index (χ1n) is 8.51. The van der Waals surface area contributed by atoms with Crippen molar-refractivity contribution >= 4 is 34.2 Å². The van der Waals surface area contributed by atoms with Crippen LogP contribution in [-0.2, 0) is 0 Å². The smallest absolute Gasteiger partial charge is 0.193 e. The highest BCUT2D eigenvalue weighted by atomic mass is 127. The van der Waals surface area contributed by atoms with Gasteiger partial charge in [-0.2, -0.15) is 0 Å². The van der Waals surface area contributed by atoms with E-state index in [4.69, 9.17) is 0 Å². The van der Waals surface area contributed by atoms with Crippen molar-refractivity contribution in [2.45, 2.75) is 0 Å². The quantitative estimate of drug-likeness (QED) is 0.467. The monoisotopic (exact) mass is 452 g/mol. The van der Waals surface area contributed by atoms with Gasteiger partial charge in [0.05, 0.1) is 6.54 Å². The summed E-state index contributed by atoms with van der Waals surface area (Å²) in [5.41, 5.74) is 4.37. The Kier molecular flexibility index (Phi) is 4.84. The van der Waals surface area contributed by atoms with Crippen LogP contribution >= 0.6 is 22.6 Å². The fraction of sp³-hybridized carbons (Fsp3) is 0.0909. The van der Waals surface area contributed by atoms with Crippen LogP contribution in [0.5, 0.6) is 0 Å². The normalized spacial score (nSPS) is 13.2. The Hall–Kier alpha value is -2.47. The molecule has 0 aromatic heterocycles. The van der Waals surface area contributed by atoms with Crippen molar-refractivity contribution in [3.63, 3.8) is 0 Å². The summed E-state index contributed by atoms with van der Waals surface area (Å²) in [5.74, 6) is 0.825. The van der Waals surface area contributed by atoms with Gasteiger partial charge in [-0.3, -0.25) is 9.79 Å². The van der Waals surface area contributed by atoms with E-state index in [1.807, 2.05) is 54.6 Å². The molecule has 3 nitrogen and oxygen atoms in total. The molecular formula is C22H17IN2O. The standard InChI is InChI=1S/C22H17IN2O/c23-17-9-4-8-16(14-17)21(26)19-11-5-10-18(15-6-2-1-3-7-15)20(19)22-24-12-13-25-22/h1-11,14H,12-13H2,(H,24,25). The molecule has 4 rings (SSSR count). The molecule has 26 heavy (non-hydrogen) atoms. The van der Waals surface area contributed by atoms with Crippen molar-refractivity contribution in [2.75, 3.05) is 13.1 Å². The molecule has 0 fully saturated rings. The van der Waals surface area contributed by atoms with Crippen molar-refractivity contribution in [1.29, 1.82) is 0 Å². The van der Waals surface area contributed by atoms with Crippen molar-refractivity contribution in [3.8, 4) is 11.1 Å². The van der Waals surface area contributed by atoms with Gasteiger partial charge in [-0.05, 0) is 45.9 Å². The number of amidine groups is 1. The molecule has 1 aliphatic rings. The first-order chi connectivity index (χ1) is 12.7. The number of ketones is 1. The summed E-state index contributed by atoms with van der Waals surface area (Å²) in [6, 6.07) is 23.7. The molecular weight excluding hydrogens is 435 g/mol. The minimum atomic E-state index is 0.0210. The lowest BCUT2D eigenvalue weighted by atomic mass is 9.90. The van der Waals surface area contributed by atoms with E-state index < -0.39 is 0 Å². The van der Waals surface area contributed by atoms with Gasteiger partial charge in [-0.25, -0.2) is 0 Å². The highest BCUT2D eigenvalue weighted by Gasteiger charge is 2.22. The minimum Gasteiger partial charge on any atom is -0.368 e. The van der Waals surface area contributed by atoms with Gasteiger partial charge in [0.1, 0.15) is 5.84 Å². The molecule has 0 unspecified atom stereocenters. The summed E-state index contributed by atoms with van der Waals surface area (Å²) >= 11 is 2.23. The van der Waals surface area contributed by atoms with Crippen LogP contribution in [0.25, 0.3) is 11.1 Å². The van der Waals surface area contributed by atoms with E-state index in [1.165, 1.54) is 0 Å². The molecule has 1 aliphatic heterocycles. The van der Waals surface area contributed by atoms with Gasteiger partial charge < -0.3 is 5.32 Å². The molecule has 0 spiro atoms. The number of nitrogens with one attached hydrogen (secondary N) is 1. The summed E-state index contributed by atoms with van der Waals surface area (Å²) < 4.78 is 1.05. The maximum atomic E-state index is 13.3. The molecule has 0 saturated heterocycles. The number of hydrogen-bond donors (Lipinski definition) is 1. The Morgan fingerprint density at radius 2 is 1.77 bits per heavy atom. The zero-order valence-corrected chi connectivity index (χ0v) is 16.2. The van der Waals surface area contributed by atoms with Crippen LogP contribution in [0, 0.1) is 3.57 Å². The molecule has 0 radical (unpaired) electrons. The number of benzene rings is 3. The lowest BCUT2D eigenvalue weighted by Crippen LogP contribution is -2.23. The van der Waals surface area contributed by atoms with Crippen molar-refractivity contribution in [1.82, 2.24) is 5.32 Å². The van der Waals surface area contributed by atoms with Gasteiger partial charge in [-0.1, -0.05) is 60.7 Å². The third-order valence-corrected chi connectivity index (χ3v) is 5.06. The number of rotatable bonds is 4. The largest absolute Gasteiger partial charge is 0.368 e. The van der Waals surface area contributed by atoms with Crippen LogP contribution in [0.2, 0.25) is 0 Å². The van der Waals surface area contributed by atoms with E-state index in [-0.39, 0.29) is 5.78 Å². The molecule has 0 aliphatic carbocycles. The fourth-order valence-electron chi connectivity index (χ4n) is 3.21. The second-order valence-electron chi connectivity index (χ2n) is 6.09. The maximum absolute atomic E-state index is 13.3. The first kappa shape index (κ1) is 17.0.